The number of benzene rings is 3. The molecule has 2 heterocycles. The molecule has 2 aromatic heterocycles. The van der Waals surface area contributed by atoms with Gasteiger partial charge in [-0.15, -0.1) is 0 Å². The van der Waals surface area contributed by atoms with E-state index in [-0.39, 0.29) is 23.5 Å². The van der Waals surface area contributed by atoms with Crippen LogP contribution in [0.2, 0.25) is 0 Å². The largest absolute Gasteiger partial charge is 0.483 e. The minimum absolute atomic E-state index is 0.147. The van der Waals surface area contributed by atoms with E-state index >= 15 is 0 Å². The van der Waals surface area contributed by atoms with E-state index in [1.807, 2.05) is 61.5 Å². The number of aromatic nitrogens is 3. The lowest BCUT2D eigenvalue weighted by molar-refractivity contribution is 0.102. The molecule has 0 aliphatic heterocycles. The summed E-state index contributed by atoms with van der Waals surface area (Å²) in [5.41, 5.74) is 5.28. The van der Waals surface area contributed by atoms with E-state index in [4.69, 9.17) is 4.74 Å². The maximum atomic E-state index is 12.6. The lowest BCUT2D eigenvalue weighted by Crippen LogP contribution is -2.17. The number of nitrogens with zero attached hydrogens (tertiary/aromatic N) is 1. The Morgan fingerprint density at radius 2 is 1.79 bits per heavy atom. The zero-order valence-corrected chi connectivity index (χ0v) is 18.5. The highest BCUT2D eigenvalue weighted by molar-refractivity contribution is 6.03. The maximum absolute atomic E-state index is 12.6. The number of anilines is 1. The molecule has 7 nitrogen and oxygen atoms in total. The third kappa shape index (κ3) is 4.59. The van der Waals surface area contributed by atoms with Crippen molar-refractivity contribution in [3.8, 4) is 17.1 Å². The van der Waals surface area contributed by atoms with E-state index in [0.717, 1.165) is 33.5 Å². The number of pyridine rings is 1. The average molecular weight is 450 g/mol. The van der Waals surface area contributed by atoms with E-state index < -0.39 is 5.91 Å². The van der Waals surface area contributed by atoms with E-state index in [1.54, 1.807) is 12.1 Å². The van der Waals surface area contributed by atoms with Gasteiger partial charge in [0.25, 0.3) is 5.91 Å². The molecule has 0 fully saturated rings. The Labute approximate surface area is 195 Å². The van der Waals surface area contributed by atoms with Crippen LogP contribution in [0.4, 0.5) is 5.69 Å². The van der Waals surface area contributed by atoms with E-state index in [0.29, 0.717) is 5.69 Å². The molecule has 1 amide bonds. The van der Waals surface area contributed by atoms with Gasteiger partial charge in [0.2, 0.25) is 5.43 Å². The Morgan fingerprint density at radius 1 is 1.00 bits per heavy atom. The summed E-state index contributed by atoms with van der Waals surface area (Å²) in [5, 5.41) is 2.79. The van der Waals surface area contributed by atoms with Crippen molar-refractivity contribution in [1.29, 1.82) is 0 Å². The van der Waals surface area contributed by atoms with Crippen LogP contribution in [0.5, 0.6) is 5.75 Å². The van der Waals surface area contributed by atoms with Crippen molar-refractivity contribution in [3.63, 3.8) is 0 Å². The Balaban J connectivity index is 1.25. The predicted octanol–water partition coefficient (Wildman–Crippen LogP) is 5.06. The van der Waals surface area contributed by atoms with Gasteiger partial charge in [-0.1, -0.05) is 36.4 Å². The molecule has 0 spiro atoms. The molecule has 3 aromatic carbocycles. The quantitative estimate of drug-likeness (QED) is 0.337. The molecule has 168 valence electrons. The monoisotopic (exact) mass is 450 g/mol. The lowest BCUT2D eigenvalue weighted by Gasteiger charge is -2.08. The molecule has 0 radical (unpaired) electrons. The number of aryl methyl sites for hydroxylation is 1. The van der Waals surface area contributed by atoms with Gasteiger partial charge in [0, 0.05) is 23.5 Å². The number of fused-ring (bicyclic) bond motifs is 1. The summed E-state index contributed by atoms with van der Waals surface area (Å²) in [5.74, 6) is 0.498. The van der Waals surface area contributed by atoms with Crippen molar-refractivity contribution < 1.29 is 9.53 Å². The minimum atomic E-state index is -0.418. The van der Waals surface area contributed by atoms with Crippen LogP contribution in [0.1, 0.15) is 21.6 Å². The first-order valence-corrected chi connectivity index (χ1v) is 10.8. The van der Waals surface area contributed by atoms with Gasteiger partial charge in [-0.05, 0) is 54.4 Å². The van der Waals surface area contributed by atoms with E-state index in [9.17, 15) is 9.59 Å². The third-order valence-electron chi connectivity index (χ3n) is 5.41. The molecular weight excluding hydrogens is 428 g/mol. The number of hydrogen-bond acceptors (Lipinski definition) is 4. The Bertz CT molecular complexity index is 1520. The second-order valence-corrected chi connectivity index (χ2v) is 7.99. The molecule has 0 aliphatic carbocycles. The SMILES string of the molecule is Cc1ccc2nc(-c3ccc(NC(=O)c4cc(=O)c(OCc5ccccc5)c[nH]4)cc3)[nH]c2c1. The van der Waals surface area contributed by atoms with E-state index in [1.165, 1.54) is 12.3 Å². The Morgan fingerprint density at radius 3 is 2.56 bits per heavy atom. The van der Waals surface area contributed by atoms with Gasteiger partial charge in [-0.2, -0.15) is 0 Å². The molecular formula is C27H22N4O3. The number of imidazole rings is 1. The van der Waals surface area contributed by atoms with Gasteiger partial charge in [0.05, 0.1) is 11.0 Å². The van der Waals surface area contributed by atoms with Crippen molar-refractivity contribution in [1.82, 2.24) is 15.0 Å². The molecule has 5 rings (SSSR count). The Kier molecular flexibility index (Phi) is 5.66. The zero-order chi connectivity index (χ0) is 23.5. The highest BCUT2D eigenvalue weighted by atomic mass is 16.5. The van der Waals surface area contributed by atoms with Crippen LogP contribution in [-0.2, 0) is 6.61 Å². The summed E-state index contributed by atoms with van der Waals surface area (Å²) in [6.45, 7) is 2.31. The first-order valence-electron chi connectivity index (χ1n) is 10.8. The smallest absolute Gasteiger partial charge is 0.272 e. The number of carbonyl (C=O) groups is 1. The molecule has 0 atom stereocenters. The van der Waals surface area contributed by atoms with Gasteiger partial charge in [-0.25, -0.2) is 4.98 Å². The Hall–Kier alpha value is -4.65. The third-order valence-corrected chi connectivity index (χ3v) is 5.41. The van der Waals surface area contributed by atoms with Gasteiger partial charge in [0.1, 0.15) is 18.1 Å². The van der Waals surface area contributed by atoms with Crippen molar-refractivity contribution in [3.05, 3.63) is 112 Å². The molecule has 0 unspecified atom stereocenters. The van der Waals surface area contributed by atoms with Crippen LogP contribution in [0.25, 0.3) is 22.4 Å². The number of hydrogen-bond donors (Lipinski definition) is 3. The summed E-state index contributed by atoms with van der Waals surface area (Å²) in [4.78, 5) is 35.8. The summed E-state index contributed by atoms with van der Waals surface area (Å²) < 4.78 is 5.58. The molecule has 0 aliphatic rings. The van der Waals surface area contributed by atoms with E-state index in [2.05, 4.69) is 26.3 Å². The molecule has 5 aromatic rings. The van der Waals surface area contributed by atoms with Crippen molar-refractivity contribution in [2.45, 2.75) is 13.5 Å². The molecule has 0 saturated heterocycles. The fourth-order valence-corrected chi connectivity index (χ4v) is 3.61. The average Bonchev–Trinajstić information content (AvgIpc) is 3.27. The number of aromatic amines is 2. The molecule has 7 heteroatoms. The molecule has 0 saturated carbocycles. The summed E-state index contributed by atoms with van der Waals surface area (Å²) in [6, 6.07) is 24.2. The predicted molar refractivity (Wildman–Crippen MR) is 132 cm³/mol. The van der Waals surface area contributed by atoms with Crippen LogP contribution >= 0.6 is 0 Å². The maximum Gasteiger partial charge on any atom is 0.272 e. The topological polar surface area (TPSA) is 99.9 Å². The summed E-state index contributed by atoms with van der Waals surface area (Å²) in [7, 11) is 0. The van der Waals surface area contributed by atoms with Crippen LogP contribution in [0.3, 0.4) is 0 Å². The van der Waals surface area contributed by atoms with Gasteiger partial charge < -0.3 is 20.0 Å². The molecule has 0 bridgehead atoms. The van der Waals surface area contributed by atoms with Crippen molar-refractivity contribution in [2.24, 2.45) is 0 Å². The molecule has 3 N–H and O–H groups in total. The number of H-pyrrole nitrogens is 2. The van der Waals surface area contributed by atoms with Crippen LogP contribution in [0.15, 0.2) is 89.9 Å². The molecule has 34 heavy (non-hydrogen) atoms. The fraction of sp³-hybridized carbons (Fsp3) is 0.0741. The number of carbonyl (C=O) groups excluding carboxylic acids is 1. The summed E-state index contributed by atoms with van der Waals surface area (Å²) >= 11 is 0. The zero-order valence-electron chi connectivity index (χ0n) is 18.5. The van der Waals surface area contributed by atoms with Gasteiger partial charge >= 0.3 is 0 Å². The van der Waals surface area contributed by atoms with Crippen LogP contribution in [-0.4, -0.2) is 20.9 Å². The number of rotatable bonds is 6. The normalized spacial score (nSPS) is 10.9. The summed E-state index contributed by atoms with van der Waals surface area (Å²) in [6.07, 6.45) is 1.41. The van der Waals surface area contributed by atoms with Gasteiger partial charge in [-0.3, -0.25) is 9.59 Å². The first kappa shape index (κ1) is 21.2. The fourth-order valence-electron chi connectivity index (χ4n) is 3.61. The standard InChI is InChI=1S/C27H22N4O3/c1-17-7-12-21-22(13-17)31-26(30-21)19-8-10-20(11-9-19)29-27(33)23-14-24(32)25(15-28-23)34-16-18-5-3-2-4-6-18/h2-15H,16H2,1H3,(H,28,32)(H,29,33)(H,30,31). The second kappa shape index (κ2) is 9.07. The first-order chi connectivity index (χ1) is 16.5. The number of ether oxygens (including phenoxy) is 1. The minimum Gasteiger partial charge on any atom is -0.483 e. The van der Waals surface area contributed by atoms with Crippen LogP contribution in [0, 0.1) is 6.92 Å². The van der Waals surface area contributed by atoms with Gasteiger partial charge in [0.15, 0.2) is 5.75 Å². The highest BCUT2D eigenvalue weighted by Gasteiger charge is 2.11. The number of amides is 1. The van der Waals surface area contributed by atoms with Crippen molar-refractivity contribution >= 4 is 22.6 Å². The lowest BCUT2D eigenvalue weighted by atomic mass is 10.2. The van der Waals surface area contributed by atoms with Crippen LogP contribution < -0.4 is 15.5 Å². The second-order valence-electron chi connectivity index (χ2n) is 7.99. The number of nitrogens with one attached hydrogen (secondary N) is 3. The highest BCUT2D eigenvalue weighted by Crippen LogP contribution is 2.23. The van der Waals surface area contributed by atoms with Crippen molar-refractivity contribution in [2.75, 3.05) is 5.32 Å².